The molecule has 1 aromatic heterocycles. The van der Waals surface area contributed by atoms with Gasteiger partial charge in [-0.1, -0.05) is 24.3 Å². The lowest BCUT2D eigenvalue weighted by molar-refractivity contribution is -0.137. The maximum Gasteiger partial charge on any atom is 0.418 e. The molecule has 2 aromatic carbocycles. The maximum absolute atomic E-state index is 13.5. The number of para-hydroxylation sites is 2. The van der Waals surface area contributed by atoms with Crippen molar-refractivity contribution in [2.75, 3.05) is 18.4 Å². The molecule has 1 aliphatic heterocycles. The van der Waals surface area contributed by atoms with Crippen LogP contribution in [0.5, 0.6) is 0 Å². The zero-order valence-electron chi connectivity index (χ0n) is 18.9. The zero-order valence-corrected chi connectivity index (χ0v) is 18.9. The van der Waals surface area contributed by atoms with Gasteiger partial charge >= 0.3 is 6.18 Å². The van der Waals surface area contributed by atoms with Crippen LogP contribution in [0.4, 0.5) is 18.9 Å². The van der Waals surface area contributed by atoms with Crippen LogP contribution in [-0.4, -0.2) is 39.6 Å². The summed E-state index contributed by atoms with van der Waals surface area (Å²) < 4.78 is 41.6. The van der Waals surface area contributed by atoms with Crippen LogP contribution < -0.4 is 10.7 Å². The van der Waals surface area contributed by atoms with E-state index < -0.39 is 28.8 Å². The van der Waals surface area contributed by atoms with Crippen LogP contribution in [-0.2, 0) is 6.18 Å². The van der Waals surface area contributed by atoms with Crippen LogP contribution in [0.2, 0.25) is 0 Å². The van der Waals surface area contributed by atoms with Gasteiger partial charge in [0.1, 0.15) is 0 Å². The molecule has 2 heterocycles. The fraction of sp³-hybridized carbons (Fsp3) is 0.280. The van der Waals surface area contributed by atoms with Gasteiger partial charge in [-0.25, -0.2) is 4.68 Å². The number of piperidine rings is 1. The summed E-state index contributed by atoms with van der Waals surface area (Å²) in [5, 5.41) is 6.52. The number of rotatable bonds is 4. The summed E-state index contributed by atoms with van der Waals surface area (Å²) in [6.07, 6.45) is -1.83. The number of aromatic nitrogens is 2. The summed E-state index contributed by atoms with van der Waals surface area (Å²) in [7, 11) is 0. The van der Waals surface area contributed by atoms with E-state index in [1.165, 1.54) is 31.2 Å². The monoisotopic (exact) mass is 484 g/mol. The van der Waals surface area contributed by atoms with Gasteiger partial charge in [0, 0.05) is 24.8 Å². The fourth-order valence-electron chi connectivity index (χ4n) is 4.07. The van der Waals surface area contributed by atoms with E-state index in [0.29, 0.717) is 13.1 Å². The van der Waals surface area contributed by atoms with E-state index in [1.807, 2.05) is 0 Å². The van der Waals surface area contributed by atoms with Gasteiger partial charge in [0.15, 0.2) is 5.69 Å². The molecule has 35 heavy (non-hydrogen) atoms. The molecule has 0 spiro atoms. The fourth-order valence-corrected chi connectivity index (χ4v) is 4.07. The number of likely N-dealkylation sites (tertiary alicyclic amines) is 1. The number of carbonyl (C=O) groups is 2. The first-order valence-corrected chi connectivity index (χ1v) is 11.1. The SMILES string of the molecule is Cc1cc(=O)c(C(=O)Nc2ccccc2C(=O)N2CCCCC2)nn1-c1ccccc1C(F)(F)F. The average Bonchev–Trinajstić information content (AvgIpc) is 2.84. The highest BCUT2D eigenvalue weighted by Gasteiger charge is 2.34. The predicted molar refractivity (Wildman–Crippen MR) is 124 cm³/mol. The highest BCUT2D eigenvalue weighted by atomic mass is 19.4. The van der Waals surface area contributed by atoms with E-state index in [0.717, 1.165) is 36.1 Å². The topological polar surface area (TPSA) is 84.3 Å². The molecule has 182 valence electrons. The van der Waals surface area contributed by atoms with E-state index in [9.17, 15) is 27.6 Å². The number of halogens is 3. The van der Waals surface area contributed by atoms with Crippen LogP contribution >= 0.6 is 0 Å². The zero-order chi connectivity index (χ0) is 25.2. The van der Waals surface area contributed by atoms with Gasteiger partial charge < -0.3 is 10.2 Å². The third-order valence-corrected chi connectivity index (χ3v) is 5.81. The number of carbonyl (C=O) groups excluding carboxylic acids is 2. The predicted octanol–water partition coefficient (Wildman–Crippen LogP) is 4.44. The van der Waals surface area contributed by atoms with Crippen molar-refractivity contribution >= 4 is 17.5 Å². The van der Waals surface area contributed by atoms with Gasteiger partial charge in [0.25, 0.3) is 11.8 Å². The summed E-state index contributed by atoms with van der Waals surface area (Å²) in [6.45, 7) is 2.66. The quantitative estimate of drug-likeness (QED) is 0.594. The minimum atomic E-state index is -4.66. The van der Waals surface area contributed by atoms with Gasteiger partial charge in [-0.05, 0) is 50.5 Å². The van der Waals surface area contributed by atoms with Crippen LogP contribution in [0, 0.1) is 6.92 Å². The van der Waals surface area contributed by atoms with Crippen LogP contribution in [0.25, 0.3) is 5.69 Å². The second-order valence-corrected chi connectivity index (χ2v) is 8.28. The van der Waals surface area contributed by atoms with Crippen molar-refractivity contribution in [2.24, 2.45) is 0 Å². The van der Waals surface area contributed by atoms with Crippen LogP contribution in [0.1, 0.15) is 51.4 Å². The Labute approximate surface area is 199 Å². The Morgan fingerprint density at radius 1 is 0.971 bits per heavy atom. The van der Waals surface area contributed by atoms with Crippen molar-refractivity contribution < 1.29 is 22.8 Å². The number of benzene rings is 2. The average molecular weight is 484 g/mol. The van der Waals surface area contributed by atoms with Crippen molar-refractivity contribution in [1.82, 2.24) is 14.7 Å². The standard InChI is InChI=1S/C25H23F3N4O3/c1-16-15-21(33)22(30-32(16)20-12-6-4-10-18(20)25(26,27)28)23(34)29-19-11-5-3-9-17(19)24(35)31-13-7-2-8-14-31/h3-6,9-12,15H,2,7-8,13-14H2,1H3,(H,29,34). The number of nitrogens with one attached hydrogen (secondary N) is 1. The van der Waals surface area contributed by atoms with Crippen LogP contribution in [0.3, 0.4) is 0 Å². The first-order chi connectivity index (χ1) is 16.7. The molecule has 7 nitrogen and oxygen atoms in total. The Hall–Kier alpha value is -3.95. The minimum Gasteiger partial charge on any atom is -0.339 e. The Kier molecular flexibility index (Phi) is 6.72. The van der Waals surface area contributed by atoms with Crippen molar-refractivity contribution in [3.63, 3.8) is 0 Å². The summed E-state index contributed by atoms with van der Waals surface area (Å²) in [5.41, 5.74) is -2.03. The van der Waals surface area contributed by atoms with Crippen molar-refractivity contribution in [2.45, 2.75) is 32.4 Å². The first-order valence-electron chi connectivity index (χ1n) is 11.1. The molecule has 0 unspecified atom stereocenters. The normalized spacial score (nSPS) is 14.0. The lowest BCUT2D eigenvalue weighted by Gasteiger charge is -2.27. The number of hydrogen-bond acceptors (Lipinski definition) is 4. The van der Waals surface area contributed by atoms with E-state index in [4.69, 9.17) is 0 Å². The number of nitrogens with zero attached hydrogens (tertiary/aromatic N) is 3. The third-order valence-electron chi connectivity index (χ3n) is 5.81. The Morgan fingerprint density at radius 2 is 1.63 bits per heavy atom. The molecule has 3 aromatic rings. The molecule has 0 bridgehead atoms. The number of anilines is 1. The lowest BCUT2D eigenvalue weighted by Crippen LogP contribution is -2.36. The molecule has 1 saturated heterocycles. The minimum absolute atomic E-state index is 0.129. The number of aryl methyl sites for hydroxylation is 1. The summed E-state index contributed by atoms with van der Waals surface area (Å²) in [6, 6.07) is 12.2. The molecule has 0 atom stereocenters. The van der Waals surface area contributed by atoms with Crippen molar-refractivity contribution in [1.29, 1.82) is 0 Å². The van der Waals surface area contributed by atoms with Gasteiger partial charge in [0.2, 0.25) is 5.43 Å². The molecule has 1 fully saturated rings. The van der Waals surface area contributed by atoms with E-state index >= 15 is 0 Å². The molecule has 0 saturated carbocycles. The Balaban J connectivity index is 1.69. The maximum atomic E-state index is 13.5. The van der Waals surface area contributed by atoms with Gasteiger partial charge in [-0.15, -0.1) is 0 Å². The lowest BCUT2D eigenvalue weighted by atomic mass is 10.1. The van der Waals surface area contributed by atoms with E-state index in [2.05, 4.69) is 10.4 Å². The third kappa shape index (κ3) is 5.11. The largest absolute Gasteiger partial charge is 0.418 e. The molecule has 0 radical (unpaired) electrons. The molecule has 2 amide bonds. The number of alkyl halides is 3. The summed E-state index contributed by atoms with van der Waals surface area (Å²) in [5.74, 6) is -1.17. The second kappa shape index (κ2) is 9.73. The summed E-state index contributed by atoms with van der Waals surface area (Å²) in [4.78, 5) is 40.3. The van der Waals surface area contributed by atoms with Crippen molar-refractivity contribution in [3.05, 3.63) is 87.3 Å². The Bertz CT molecular complexity index is 1330. The molecular weight excluding hydrogens is 461 g/mol. The number of hydrogen-bond donors (Lipinski definition) is 1. The molecular formula is C25H23F3N4O3. The molecule has 0 aliphatic carbocycles. The highest BCUT2D eigenvalue weighted by molar-refractivity contribution is 6.08. The summed E-state index contributed by atoms with van der Waals surface area (Å²) >= 11 is 0. The first kappa shape index (κ1) is 24.2. The van der Waals surface area contributed by atoms with Crippen molar-refractivity contribution in [3.8, 4) is 5.69 Å². The highest BCUT2D eigenvalue weighted by Crippen LogP contribution is 2.33. The smallest absolute Gasteiger partial charge is 0.339 e. The van der Waals surface area contributed by atoms with E-state index in [-0.39, 0.29) is 28.5 Å². The van der Waals surface area contributed by atoms with E-state index in [1.54, 1.807) is 23.1 Å². The number of amides is 2. The molecule has 4 rings (SSSR count). The van der Waals surface area contributed by atoms with Gasteiger partial charge in [-0.2, -0.15) is 18.3 Å². The van der Waals surface area contributed by atoms with Crippen LogP contribution in [0.15, 0.2) is 59.4 Å². The van der Waals surface area contributed by atoms with Gasteiger partial charge in [0.05, 0.1) is 22.5 Å². The molecule has 10 heteroatoms. The van der Waals surface area contributed by atoms with Gasteiger partial charge in [-0.3, -0.25) is 14.4 Å². The molecule has 1 N–H and O–H groups in total. The molecule has 1 aliphatic rings. The second-order valence-electron chi connectivity index (χ2n) is 8.28. The Morgan fingerprint density at radius 3 is 2.34 bits per heavy atom.